The highest BCUT2D eigenvalue weighted by Crippen LogP contribution is 2.44. The first-order valence-corrected chi connectivity index (χ1v) is 8.02. The Kier molecular flexibility index (Phi) is 5.28. The average Bonchev–Trinajstić information content (AvgIpc) is 1.82. The molecule has 0 bridgehead atoms. The fourth-order valence-corrected chi connectivity index (χ4v) is 4.33. The maximum absolute atomic E-state index is 11.2. The van der Waals surface area contributed by atoms with Crippen LogP contribution in [0.25, 0.3) is 0 Å². The molecule has 0 aliphatic heterocycles. The van der Waals surface area contributed by atoms with Crippen LogP contribution in [-0.4, -0.2) is 33.3 Å². The van der Waals surface area contributed by atoms with Crippen molar-refractivity contribution < 1.29 is 16.2 Å². The molecule has 0 aromatic heterocycles. The molecule has 0 rings (SSSR count). The molecular weight excluding hydrogens is 212 g/mol. The summed E-state index contributed by atoms with van der Waals surface area (Å²) < 4.78 is 32.6. The van der Waals surface area contributed by atoms with Crippen molar-refractivity contribution in [1.82, 2.24) is 0 Å². The van der Waals surface area contributed by atoms with Gasteiger partial charge in [-0.25, -0.2) is 0 Å². The van der Waals surface area contributed by atoms with Gasteiger partial charge in [-0.15, -0.1) is 0 Å². The van der Waals surface area contributed by atoms with Gasteiger partial charge < -0.3 is 0 Å². The first-order valence-electron chi connectivity index (χ1n) is 4.14. The van der Waals surface area contributed by atoms with Gasteiger partial charge >= 0.3 is 0 Å². The molecule has 0 aliphatic rings. The first-order chi connectivity index (χ1) is 5.83. The van der Waals surface area contributed by atoms with Crippen LogP contribution in [0.1, 0.15) is 20.3 Å². The fourth-order valence-electron chi connectivity index (χ4n) is 0.837. The molecule has 0 amide bonds. The summed E-state index contributed by atoms with van der Waals surface area (Å²) in [7, 11) is -5.30. The van der Waals surface area contributed by atoms with Crippen molar-refractivity contribution in [3.63, 3.8) is 0 Å². The third-order valence-electron chi connectivity index (χ3n) is 1.12. The van der Waals surface area contributed by atoms with E-state index in [4.69, 9.17) is 7.81 Å². The second-order valence-electron chi connectivity index (χ2n) is 2.88. The molecule has 0 radical (unpaired) electrons. The number of rotatable bonds is 6. The zero-order valence-electron chi connectivity index (χ0n) is 8.57. The molecule has 0 heterocycles. The summed E-state index contributed by atoms with van der Waals surface area (Å²) in [5.74, 6) is 0.0521. The lowest BCUT2D eigenvalue weighted by Crippen LogP contribution is -2.15. The molecule has 0 saturated heterocycles. The van der Waals surface area contributed by atoms with Crippen molar-refractivity contribution in [3.8, 4) is 0 Å². The van der Waals surface area contributed by atoms with Gasteiger partial charge in [0.2, 0.25) is 0 Å². The molecule has 0 N–H and O–H groups in total. The van der Waals surface area contributed by atoms with Gasteiger partial charge in [-0.05, 0) is 13.3 Å². The monoisotopic (exact) mass is 230 g/mol. The van der Waals surface area contributed by atoms with Gasteiger partial charge in [-0.3, -0.25) is 4.18 Å². The van der Waals surface area contributed by atoms with Gasteiger partial charge in [0, 0.05) is 12.5 Å². The van der Waals surface area contributed by atoms with Gasteiger partial charge in [0.1, 0.15) is 0 Å². The van der Waals surface area contributed by atoms with Crippen LogP contribution in [0.2, 0.25) is 0 Å². The maximum Gasteiger partial charge on any atom is 0.285 e. The van der Waals surface area contributed by atoms with Crippen LogP contribution < -0.4 is 0 Å². The molecule has 6 heteroatoms. The Morgan fingerprint density at radius 1 is 1.15 bits per heavy atom. The lowest BCUT2D eigenvalue weighted by atomic mass is 10.6. The standard InChI is InChI=1S/C7H18O4S2/c1-5-7-13(8,9)11-12(3,4)10-6-2/h5-7H2,1-4H3. The van der Waals surface area contributed by atoms with E-state index < -0.39 is 20.7 Å². The quantitative estimate of drug-likeness (QED) is 0.696. The van der Waals surface area contributed by atoms with Crippen LogP contribution in [0.15, 0.2) is 0 Å². The SMILES string of the molecule is CCCS(=O)(=O)OS(C)(C)OCC. The van der Waals surface area contributed by atoms with Crippen molar-refractivity contribution in [1.29, 1.82) is 0 Å². The van der Waals surface area contributed by atoms with Gasteiger partial charge in [-0.2, -0.15) is 22.6 Å². The summed E-state index contributed by atoms with van der Waals surface area (Å²) >= 11 is 0. The Labute approximate surface area is 82.5 Å². The molecule has 0 atom stereocenters. The van der Waals surface area contributed by atoms with Crippen LogP contribution in [0.4, 0.5) is 0 Å². The predicted molar refractivity (Wildman–Crippen MR) is 56.2 cm³/mol. The fraction of sp³-hybridized carbons (Fsp3) is 1.00. The molecule has 13 heavy (non-hydrogen) atoms. The Balaban J connectivity index is 4.25. The summed E-state index contributed by atoms with van der Waals surface area (Å²) in [4.78, 5) is 0. The third-order valence-corrected chi connectivity index (χ3v) is 4.98. The molecule has 0 aliphatic carbocycles. The second-order valence-corrected chi connectivity index (χ2v) is 7.47. The van der Waals surface area contributed by atoms with Gasteiger partial charge in [0.15, 0.2) is 0 Å². The number of hydrogen-bond acceptors (Lipinski definition) is 4. The summed E-state index contributed by atoms with van der Waals surface area (Å²) in [5.41, 5.74) is 0. The molecule has 0 spiro atoms. The van der Waals surface area contributed by atoms with Crippen molar-refractivity contribution in [2.75, 3.05) is 24.9 Å². The first kappa shape index (κ1) is 13.2. The van der Waals surface area contributed by atoms with Crippen molar-refractivity contribution in [2.45, 2.75) is 20.3 Å². The van der Waals surface area contributed by atoms with E-state index in [0.717, 1.165) is 0 Å². The second kappa shape index (κ2) is 5.19. The molecule has 0 aromatic rings. The average molecular weight is 230 g/mol. The van der Waals surface area contributed by atoms with Gasteiger partial charge in [0.25, 0.3) is 10.1 Å². The largest absolute Gasteiger partial charge is 0.285 e. The summed E-state index contributed by atoms with van der Waals surface area (Å²) in [5, 5.41) is 0. The minimum absolute atomic E-state index is 0.0521. The third kappa shape index (κ3) is 6.31. The topological polar surface area (TPSA) is 52.6 Å². The highest BCUT2D eigenvalue weighted by Gasteiger charge is 2.18. The van der Waals surface area contributed by atoms with Crippen LogP contribution in [0.5, 0.6) is 0 Å². The zero-order valence-corrected chi connectivity index (χ0v) is 10.2. The Bertz CT molecular complexity index is 233. The van der Waals surface area contributed by atoms with Crippen LogP contribution in [0, 0.1) is 0 Å². The molecule has 0 unspecified atom stereocenters. The zero-order chi connectivity index (χ0) is 10.5. The highest BCUT2D eigenvalue weighted by molar-refractivity contribution is 8.28. The van der Waals surface area contributed by atoms with Crippen LogP contribution in [0.3, 0.4) is 0 Å². The normalized spacial score (nSPS) is 14.5. The summed E-state index contributed by atoms with van der Waals surface area (Å²) in [6, 6.07) is 0. The molecule has 0 fully saturated rings. The Morgan fingerprint density at radius 3 is 2.08 bits per heavy atom. The Hall–Kier alpha value is 0.220. The highest BCUT2D eigenvalue weighted by atomic mass is 32.3. The van der Waals surface area contributed by atoms with Crippen LogP contribution >= 0.6 is 10.6 Å². The van der Waals surface area contributed by atoms with E-state index in [0.29, 0.717) is 13.0 Å². The van der Waals surface area contributed by atoms with E-state index in [2.05, 4.69) is 0 Å². The summed E-state index contributed by atoms with van der Waals surface area (Å²) in [6.45, 7) is 4.07. The van der Waals surface area contributed by atoms with E-state index in [1.54, 1.807) is 19.4 Å². The van der Waals surface area contributed by atoms with E-state index in [1.165, 1.54) is 0 Å². The minimum Gasteiger partial charge on any atom is -0.284 e. The lowest BCUT2D eigenvalue weighted by molar-refractivity contribution is 0.346. The van der Waals surface area contributed by atoms with Crippen molar-refractivity contribution in [3.05, 3.63) is 0 Å². The Morgan fingerprint density at radius 2 is 1.69 bits per heavy atom. The molecule has 82 valence electrons. The predicted octanol–water partition coefficient (Wildman–Crippen LogP) is 1.67. The van der Waals surface area contributed by atoms with Crippen LogP contribution in [-0.2, 0) is 17.9 Å². The van der Waals surface area contributed by atoms with Gasteiger partial charge in [-0.1, -0.05) is 6.92 Å². The van der Waals surface area contributed by atoms with Crippen molar-refractivity contribution >= 4 is 20.7 Å². The molecule has 0 aromatic carbocycles. The van der Waals surface area contributed by atoms with E-state index in [9.17, 15) is 8.42 Å². The lowest BCUT2D eigenvalue weighted by Gasteiger charge is -2.33. The summed E-state index contributed by atoms with van der Waals surface area (Å²) in [6.07, 6.45) is 3.90. The van der Waals surface area contributed by atoms with E-state index in [1.807, 2.05) is 6.92 Å². The number of hydrogen-bond donors (Lipinski definition) is 0. The van der Waals surface area contributed by atoms with Gasteiger partial charge in [0.05, 0.1) is 12.4 Å². The minimum atomic E-state index is -3.40. The molecule has 0 saturated carbocycles. The smallest absolute Gasteiger partial charge is 0.284 e. The van der Waals surface area contributed by atoms with Crippen molar-refractivity contribution in [2.24, 2.45) is 0 Å². The molecular formula is C7H18O4S2. The molecule has 4 nitrogen and oxygen atoms in total. The van der Waals surface area contributed by atoms with E-state index >= 15 is 0 Å². The van der Waals surface area contributed by atoms with E-state index in [-0.39, 0.29) is 5.75 Å². The maximum atomic E-state index is 11.2.